The van der Waals surface area contributed by atoms with Crippen LogP contribution < -0.4 is 14.8 Å². The standard InChI is InChI=1S/C17H26N2O3/c1-13-8-9-18-16(12-13)17(20)19(2)10-11-22-15-6-4-14(21-3)5-7-15/h4-7,13,16,18H,8-12H2,1-3H3. The quantitative estimate of drug-likeness (QED) is 0.872. The molecule has 1 aromatic rings. The average molecular weight is 306 g/mol. The molecule has 0 aromatic heterocycles. The minimum Gasteiger partial charge on any atom is -0.497 e. The van der Waals surface area contributed by atoms with E-state index in [2.05, 4.69) is 12.2 Å². The Balaban J connectivity index is 1.74. The van der Waals surface area contributed by atoms with E-state index in [1.165, 1.54) is 0 Å². The molecule has 1 heterocycles. The van der Waals surface area contributed by atoms with Gasteiger partial charge in [0.05, 0.1) is 19.7 Å². The average Bonchev–Trinajstić information content (AvgIpc) is 2.54. The van der Waals surface area contributed by atoms with E-state index < -0.39 is 0 Å². The molecule has 0 bridgehead atoms. The lowest BCUT2D eigenvalue weighted by Crippen LogP contribution is -2.49. The minimum absolute atomic E-state index is 0.0465. The van der Waals surface area contributed by atoms with Gasteiger partial charge in [-0.05, 0) is 49.6 Å². The molecule has 2 atom stereocenters. The summed E-state index contributed by atoms with van der Waals surface area (Å²) < 4.78 is 10.8. The third-order valence-electron chi connectivity index (χ3n) is 4.10. The molecule has 0 aliphatic carbocycles. The number of nitrogens with one attached hydrogen (secondary N) is 1. The molecule has 1 aliphatic heterocycles. The van der Waals surface area contributed by atoms with E-state index in [1.54, 1.807) is 12.0 Å². The highest BCUT2D eigenvalue weighted by molar-refractivity contribution is 5.81. The van der Waals surface area contributed by atoms with Crippen molar-refractivity contribution in [2.24, 2.45) is 5.92 Å². The first-order valence-corrected chi connectivity index (χ1v) is 7.85. The Morgan fingerprint density at radius 1 is 1.32 bits per heavy atom. The van der Waals surface area contributed by atoms with Crippen LogP contribution in [0.4, 0.5) is 0 Å². The van der Waals surface area contributed by atoms with Gasteiger partial charge in [-0.15, -0.1) is 0 Å². The van der Waals surface area contributed by atoms with Crippen LogP contribution in [-0.4, -0.2) is 50.7 Å². The molecule has 2 rings (SSSR count). The summed E-state index contributed by atoms with van der Waals surface area (Å²) in [6.07, 6.45) is 2.07. The third-order valence-corrected chi connectivity index (χ3v) is 4.10. The number of hydrogen-bond acceptors (Lipinski definition) is 4. The third kappa shape index (κ3) is 4.63. The lowest BCUT2D eigenvalue weighted by molar-refractivity contribution is -0.133. The summed E-state index contributed by atoms with van der Waals surface area (Å²) in [6, 6.07) is 7.40. The summed E-state index contributed by atoms with van der Waals surface area (Å²) in [5.74, 6) is 2.35. The molecule has 1 fully saturated rings. The highest BCUT2D eigenvalue weighted by Crippen LogP contribution is 2.18. The first kappa shape index (κ1) is 16.6. The number of likely N-dealkylation sites (N-methyl/N-ethyl adjacent to an activating group) is 1. The van der Waals surface area contributed by atoms with E-state index >= 15 is 0 Å². The number of carbonyl (C=O) groups excluding carboxylic acids is 1. The topological polar surface area (TPSA) is 50.8 Å². The van der Waals surface area contributed by atoms with Crippen molar-refractivity contribution in [1.82, 2.24) is 10.2 Å². The molecule has 0 spiro atoms. The van der Waals surface area contributed by atoms with Crippen molar-refractivity contribution in [2.45, 2.75) is 25.8 Å². The first-order chi connectivity index (χ1) is 10.6. The second-order valence-corrected chi connectivity index (χ2v) is 5.92. The fourth-order valence-corrected chi connectivity index (χ4v) is 2.64. The molecule has 1 aliphatic rings. The molecule has 1 amide bonds. The molecule has 5 heteroatoms. The van der Waals surface area contributed by atoms with Crippen molar-refractivity contribution in [3.63, 3.8) is 0 Å². The van der Waals surface area contributed by atoms with E-state index in [0.29, 0.717) is 19.1 Å². The normalized spacial score (nSPS) is 21.2. The number of hydrogen-bond donors (Lipinski definition) is 1. The van der Waals surface area contributed by atoms with Gasteiger partial charge in [0.25, 0.3) is 0 Å². The van der Waals surface area contributed by atoms with Crippen LogP contribution in [0.5, 0.6) is 11.5 Å². The molecule has 122 valence electrons. The van der Waals surface area contributed by atoms with Crippen LogP contribution in [0.2, 0.25) is 0 Å². The van der Waals surface area contributed by atoms with Crippen molar-refractivity contribution >= 4 is 5.91 Å². The largest absolute Gasteiger partial charge is 0.497 e. The summed E-state index contributed by atoms with van der Waals surface area (Å²) >= 11 is 0. The van der Waals surface area contributed by atoms with Gasteiger partial charge < -0.3 is 19.7 Å². The van der Waals surface area contributed by atoms with Crippen LogP contribution in [0.25, 0.3) is 0 Å². The summed E-state index contributed by atoms with van der Waals surface area (Å²) in [7, 11) is 3.47. The SMILES string of the molecule is COc1ccc(OCCN(C)C(=O)C2CC(C)CCN2)cc1. The Bertz CT molecular complexity index is 475. The smallest absolute Gasteiger partial charge is 0.239 e. The molecule has 0 saturated carbocycles. The number of amides is 1. The number of piperidine rings is 1. The van der Waals surface area contributed by atoms with Gasteiger partial charge in [0.2, 0.25) is 5.91 Å². The molecule has 2 unspecified atom stereocenters. The maximum absolute atomic E-state index is 12.4. The number of rotatable bonds is 6. The van der Waals surface area contributed by atoms with Crippen LogP contribution in [0, 0.1) is 5.92 Å². The fraction of sp³-hybridized carbons (Fsp3) is 0.588. The molecule has 5 nitrogen and oxygen atoms in total. The van der Waals surface area contributed by atoms with Crippen LogP contribution in [0.3, 0.4) is 0 Å². The van der Waals surface area contributed by atoms with E-state index in [1.807, 2.05) is 31.3 Å². The number of methoxy groups -OCH3 is 1. The van der Waals surface area contributed by atoms with Gasteiger partial charge in [0.15, 0.2) is 0 Å². The maximum atomic E-state index is 12.4. The van der Waals surface area contributed by atoms with Gasteiger partial charge in [0.1, 0.15) is 18.1 Å². The van der Waals surface area contributed by atoms with Gasteiger partial charge in [0, 0.05) is 7.05 Å². The van der Waals surface area contributed by atoms with Crippen LogP contribution >= 0.6 is 0 Å². The highest BCUT2D eigenvalue weighted by atomic mass is 16.5. The number of ether oxygens (including phenoxy) is 2. The monoisotopic (exact) mass is 306 g/mol. The van der Waals surface area contributed by atoms with Crippen molar-refractivity contribution in [3.8, 4) is 11.5 Å². The molecular formula is C17H26N2O3. The zero-order valence-electron chi connectivity index (χ0n) is 13.7. The van der Waals surface area contributed by atoms with E-state index in [4.69, 9.17) is 9.47 Å². The Morgan fingerprint density at radius 3 is 2.64 bits per heavy atom. The maximum Gasteiger partial charge on any atom is 0.239 e. The molecule has 1 aromatic carbocycles. The first-order valence-electron chi connectivity index (χ1n) is 7.85. The van der Waals surface area contributed by atoms with E-state index in [0.717, 1.165) is 30.9 Å². The summed E-state index contributed by atoms with van der Waals surface area (Å²) in [6.45, 7) is 4.19. The Hall–Kier alpha value is -1.75. The molecule has 1 N–H and O–H groups in total. The molecule has 1 saturated heterocycles. The Kier molecular flexibility index (Phi) is 6.07. The second-order valence-electron chi connectivity index (χ2n) is 5.92. The van der Waals surface area contributed by atoms with E-state index in [9.17, 15) is 4.79 Å². The second kappa shape index (κ2) is 8.03. The lowest BCUT2D eigenvalue weighted by atomic mass is 9.93. The zero-order chi connectivity index (χ0) is 15.9. The predicted octanol–water partition coefficient (Wildman–Crippen LogP) is 1.92. The van der Waals surface area contributed by atoms with Gasteiger partial charge in [-0.1, -0.05) is 6.92 Å². The predicted molar refractivity (Wildman–Crippen MR) is 86.3 cm³/mol. The Labute approximate surface area is 132 Å². The Morgan fingerprint density at radius 2 is 2.00 bits per heavy atom. The molecular weight excluding hydrogens is 280 g/mol. The lowest BCUT2D eigenvalue weighted by Gasteiger charge is -2.30. The van der Waals surface area contributed by atoms with Gasteiger partial charge in [-0.3, -0.25) is 4.79 Å². The van der Waals surface area contributed by atoms with Crippen LogP contribution in [0.15, 0.2) is 24.3 Å². The van der Waals surface area contributed by atoms with E-state index in [-0.39, 0.29) is 11.9 Å². The molecule has 0 radical (unpaired) electrons. The number of benzene rings is 1. The van der Waals surface area contributed by atoms with Crippen LogP contribution in [0.1, 0.15) is 19.8 Å². The van der Waals surface area contributed by atoms with Crippen LogP contribution in [-0.2, 0) is 4.79 Å². The summed E-state index contributed by atoms with van der Waals surface area (Å²) in [4.78, 5) is 14.1. The zero-order valence-corrected chi connectivity index (χ0v) is 13.7. The summed E-state index contributed by atoms with van der Waals surface area (Å²) in [5, 5.41) is 3.31. The number of carbonyl (C=O) groups is 1. The molecule has 22 heavy (non-hydrogen) atoms. The van der Waals surface area contributed by atoms with Crippen molar-refractivity contribution in [1.29, 1.82) is 0 Å². The fourth-order valence-electron chi connectivity index (χ4n) is 2.64. The summed E-state index contributed by atoms with van der Waals surface area (Å²) in [5.41, 5.74) is 0. The van der Waals surface area contributed by atoms with Crippen molar-refractivity contribution in [2.75, 3.05) is 33.9 Å². The van der Waals surface area contributed by atoms with Gasteiger partial charge >= 0.3 is 0 Å². The van der Waals surface area contributed by atoms with Gasteiger partial charge in [-0.25, -0.2) is 0 Å². The highest BCUT2D eigenvalue weighted by Gasteiger charge is 2.26. The van der Waals surface area contributed by atoms with Crippen molar-refractivity contribution in [3.05, 3.63) is 24.3 Å². The van der Waals surface area contributed by atoms with Gasteiger partial charge in [-0.2, -0.15) is 0 Å². The van der Waals surface area contributed by atoms with Crippen molar-refractivity contribution < 1.29 is 14.3 Å². The minimum atomic E-state index is -0.0465. The number of nitrogens with zero attached hydrogens (tertiary/aromatic N) is 1.